The van der Waals surface area contributed by atoms with Gasteiger partial charge in [-0.05, 0) is 55.2 Å². The van der Waals surface area contributed by atoms with Gasteiger partial charge in [-0.15, -0.1) is 0 Å². The zero-order chi connectivity index (χ0) is 28.6. The summed E-state index contributed by atoms with van der Waals surface area (Å²) in [6.45, 7) is 2.87. The van der Waals surface area contributed by atoms with Crippen LogP contribution in [0.15, 0.2) is 42.5 Å². The number of methoxy groups -OCH3 is 1. The number of piperidine rings is 1. The molecular weight excluding hydrogens is 585 g/mol. The van der Waals surface area contributed by atoms with Crippen molar-refractivity contribution >= 4 is 56.6 Å². The van der Waals surface area contributed by atoms with Crippen molar-refractivity contribution in [2.45, 2.75) is 38.8 Å². The van der Waals surface area contributed by atoms with Crippen LogP contribution in [0.1, 0.15) is 42.1 Å². The summed E-state index contributed by atoms with van der Waals surface area (Å²) < 4.78 is 32.1. The molecule has 1 aliphatic heterocycles. The Morgan fingerprint density at radius 2 is 1.74 bits per heavy atom. The minimum absolute atomic E-state index is 0.0496. The Balaban J connectivity index is 1.79. The van der Waals surface area contributed by atoms with Crippen molar-refractivity contribution in [2.75, 3.05) is 45.6 Å². The molecule has 0 atom stereocenters. The third-order valence-electron chi connectivity index (χ3n) is 6.63. The van der Waals surface area contributed by atoms with E-state index in [-0.39, 0.29) is 54.9 Å². The first kappa shape index (κ1) is 31.6. The van der Waals surface area contributed by atoms with Gasteiger partial charge in [-0.3, -0.25) is 9.59 Å². The highest BCUT2D eigenvalue weighted by Gasteiger charge is 2.33. The average Bonchev–Trinajstić information content (AvgIpc) is 2.89. The van der Waals surface area contributed by atoms with Crippen molar-refractivity contribution < 1.29 is 22.7 Å². The normalized spacial score (nSPS) is 14.6. The predicted octanol–water partition coefficient (Wildman–Crippen LogP) is 4.97. The quantitative estimate of drug-likeness (QED) is 0.335. The molecule has 3 rings (SSSR count). The predicted molar refractivity (Wildman–Crippen MR) is 155 cm³/mol. The number of ether oxygens (including phenoxy) is 1. The van der Waals surface area contributed by atoms with Crippen molar-refractivity contribution in [2.24, 2.45) is 0 Å². The second kappa shape index (κ2) is 14.7. The highest BCUT2D eigenvalue weighted by atomic mass is 35.5. The molecule has 2 amide bonds. The maximum absolute atomic E-state index is 13.7. The summed E-state index contributed by atoms with van der Waals surface area (Å²) in [6.07, 6.45) is 1.50. The van der Waals surface area contributed by atoms with Crippen LogP contribution >= 0.6 is 34.8 Å². The zero-order valence-corrected chi connectivity index (χ0v) is 25.2. The van der Waals surface area contributed by atoms with Gasteiger partial charge in [0, 0.05) is 49.4 Å². The number of carbonyl (C=O) groups is 2. The Morgan fingerprint density at radius 1 is 1.05 bits per heavy atom. The largest absolute Gasteiger partial charge is 0.383 e. The van der Waals surface area contributed by atoms with Gasteiger partial charge in [0.2, 0.25) is 15.9 Å². The Hall–Kier alpha value is -1.88. The number of sulfonamides is 1. The fraction of sp³-hybridized carbons (Fsp3) is 0.481. The van der Waals surface area contributed by atoms with Gasteiger partial charge < -0.3 is 14.5 Å². The molecule has 0 aromatic heterocycles. The van der Waals surface area contributed by atoms with E-state index in [1.165, 1.54) is 17.5 Å². The minimum Gasteiger partial charge on any atom is -0.383 e. The van der Waals surface area contributed by atoms with Crippen molar-refractivity contribution in [1.82, 2.24) is 14.1 Å². The molecule has 1 heterocycles. The van der Waals surface area contributed by atoms with Gasteiger partial charge in [0.1, 0.15) is 0 Å². The third-order valence-corrected chi connectivity index (χ3v) is 9.43. The number of rotatable bonds is 12. The van der Waals surface area contributed by atoms with Gasteiger partial charge in [-0.1, -0.05) is 53.9 Å². The van der Waals surface area contributed by atoms with Crippen LogP contribution in [-0.4, -0.2) is 86.0 Å². The summed E-state index contributed by atoms with van der Waals surface area (Å²) in [4.78, 5) is 30.2. The molecule has 0 N–H and O–H groups in total. The molecule has 0 spiro atoms. The van der Waals surface area contributed by atoms with E-state index in [9.17, 15) is 18.0 Å². The van der Waals surface area contributed by atoms with Crippen LogP contribution in [0.5, 0.6) is 0 Å². The van der Waals surface area contributed by atoms with E-state index in [0.29, 0.717) is 48.0 Å². The van der Waals surface area contributed by atoms with Crippen LogP contribution in [0.4, 0.5) is 0 Å². The summed E-state index contributed by atoms with van der Waals surface area (Å²) >= 11 is 18.4. The molecular formula is C27H34Cl3N3O5S. The number of halogens is 3. The molecule has 0 radical (unpaired) electrons. The number of nitrogens with zero attached hydrogens (tertiary/aromatic N) is 3. The molecule has 39 heavy (non-hydrogen) atoms. The lowest BCUT2D eigenvalue weighted by atomic mass is 10.0. The standard InChI is InChI=1S/C27H34Cl3N3O5S/c1-3-15-39(36,37)32(13-14-38-2)19-26(34)33(18-20-5-4-6-21(28)16-20)23-9-11-31(12-10-23)27(35)24-8-7-22(29)17-25(24)30/h4-8,16-17,23H,3,9-15,18-19H2,1-2H3. The number of hydrogen-bond acceptors (Lipinski definition) is 5. The first-order valence-corrected chi connectivity index (χ1v) is 15.5. The lowest BCUT2D eigenvalue weighted by Gasteiger charge is -2.39. The molecule has 0 bridgehead atoms. The molecule has 1 fully saturated rings. The topological polar surface area (TPSA) is 87.2 Å². The maximum Gasteiger partial charge on any atom is 0.255 e. The van der Waals surface area contributed by atoms with E-state index >= 15 is 0 Å². The lowest BCUT2D eigenvalue weighted by Crippen LogP contribution is -2.51. The first-order valence-electron chi connectivity index (χ1n) is 12.8. The first-order chi connectivity index (χ1) is 18.6. The van der Waals surface area contributed by atoms with Gasteiger partial charge in [-0.2, -0.15) is 4.31 Å². The Labute approximate surface area is 245 Å². The Kier molecular flexibility index (Phi) is 11.9. The van der Waals surface area contributed by atoms with Crippen LogP contribution in [0.25, 0.3) is 0 Å². The summed E-state index contributed by atoms with van der Waals surface area (Å²) in [7, 11) is -2.14. The van der Waals surface area contributed by atoms with Crippen molar-refractivity contribution in [1.29, 1.82) is 0 Å². The number of likely N-dealkylation sites (tertiary alicyclic amines) is 1. The summed E-state index contributed by atoms with van der Waals surface area (Å²) in [5.41, 5.74) is 1.21. The van der Waals surface area contributed by atoms with Gasteiger partial charge in [0.05, 0.1) is 29.5 Å². The molecule has 8 nitrogen and oxygen atoms in total. The molecule has 0 aliphatic carbocycles. The Morgan fingerprint density at radius 3 is 2.36 bits per heavy atom. The highest BCUT2D eigenvalue weighted by Crippen LogP contribution is 2.26. The molecule has 2 aromatic rings. The number of hydrogen-bond donors (Lipinski definition) is 0. The SMILES string of the molecule is CCCS(=O)(=O)N(CCOC)CC(=O)N(Cc1cccc(Cl)c1)C1CCN(C(=O)c2ccc(Cl)cc2Cl)CC1. The van der Waals surface area contributed by atoms with E-state index in [1.807, 2.05) is 12.1 Å². The monoisotopic (exact) mass is 617 g/mol. The van der Waals surface area contributed by atoms with Gasteiger partial charge in [-0.25, -0.2) is 8.42 Å². The summed E-state index contributed by atoms with van der Waals surface area (Å²) in [6, 6.07) is 11.8. The number of carbonyl (C=O) groups excluding carboxylic acids is 2. The van der Waals surface area contributed by atoms with Crippen molar-refractivity contribution in [3.63, 3.8) is 0 Å². The molecule has 1 aliphatic rings. The maximum atomic E-state index is 13.7. The molecule has 0 saturated carbocycles. The fourth-order valence-corrected chi connectivity index (χ4v) is 6.74. The molecule has 214 valence electrons. The van der Waals surface area contributed by atoms with Crippen molar-refractivity contribution in [3.8, 4) is 0 Å². The average molecular weight is 619 g/mol. The van der Waals surface area contributed by atoms with Crippen LogP contribution in [0.2, 0.25) is 15.1 Å². The van der Waals surface area contributed by atoms with Crippen LogP contribution in [-0.2, 0) is 26.1 Å². The van der Waals surface area contributed by atoms with Crippen molar-refractivity contribution in [3.05, 3.63) is 68.7 Å². The van der Waals surface area contributed by atoms with Crippen LogP contribution in [0.3, 0.4) is 0 Å². The van der Waals surface area contributed by atoms with Crippen LogP contribution < -0.4 is 0 Å². The summed E-state index contributed by atoms with van der Waals surface area (Å²) in [5, 5.41) is 1.29. The van der Waals surface area contributed by atoms with Gasteiger partial charge in [0.25, 0.3) is 5.91 Å². The molecule has 1 saturated heterocycles. The van der Waals surface area contributed by atoms with E-state index < -0.39 is 10.0 Å². The highest BCUT2D eigenvalue weighted by molar-refractivity contribution is 7.89. The molecule has 12 heteroatoms. The van der Waals surface area contributed by atoms with E-state index in [1.54, 1.807) is 41.0 Å². The smallest absolute Gasteiger partial charge is 0.255 e. The van der Waals surface area contributed by atoms with Gasteiger partial charge in [0.15, 0.2) is 0 Å². The zero-order valence-electron chi connectivity index (χ0n) is 22.1. The van der Waals surface area contributed by atoms with Gasteiger partial charge >= 0.3 is 0 Å². The number of amides is 2. The van der Waals surface area contributed by atoms with E-state index in [2.05, 4.69) is 0 Å². The van der Waals surface area contributed by atoms with E-state index in [0.717, 1.165) is 5.56 Å². The lowest BCUT2D eigenvalue weighted by molar-refractivity contribution is -0.135. The van der Waals surface area contributed by atoms with Crippen LogP contribution in [0, 0.1) is 0 Å². The Bertz CT molecular complexity index is 1250. The fourth-order valence-electron chi connectivity index (χ4n) is 4.61. The summed E-state index contributed by atoms with van der Waals surface area (Å²) in [5.74, 6) is -0.554. The third kappa shape index (κ3) is 8.80. The van der Waals surface area contributed by atoms with E-state index in [4.69, 9.17) is 39.5 Å². The number of benzene rings is 2. The minimum atomic E-state index is -3.63. The molecule has 0 unspecified atom stereocenters. The second-order valence-electron chi connectivity index (χ2n) is 9.44. The molecule has 2 aromatic carbocycles. The second-order valence-corrected chi connectivity index (χ2v) is 12.8.